The van der Waals surface area contributed by atoms with E-state index in [9.17, 15) is 9.59 Å². The molecular formula is C18H22N2O2S. The second-order valence-corrected chi connectivity index (χ2v) is 6.54. The summed E-state index contributed by atoms with van der Waals surface area (Å²) < 4.78 is 0. The lowest BCUT2D eigenvalue weighted by Crippen LogP contribution is -2.10. The highest BCUT2D eigenvalue weighted by atomic mass is 32.1. The van der Waals surface area contributed by atoms with E-state index in [1.54, 1.807) is 12.1 Å². The van der Waals surface area contributed by atoms with Gasteiger partial charge in [0.1, 0.15) is 0 Å². The minimum absolute atomic E-state index is 0.141. The van der Waals surface area contributed by atoms with Gasteiger partial charge in [-0.2, -0.15) is 0 Å². The number of anilines is 2. The third-order valence-electron chi connectivity index (χ3n) is 3.41. The van der Waals surface area contributed by atoms with Crippen LogP contribution in [0.1, 0.15) is 48.3 Å². The van der Waals surface area contributed by atoms with E-state index in [1.807, 2.05) is 12.1 Å². The first-order valence-corrected chi connectivity index (χ1v) is 8.68. The van der Waals surface area contributed by atoms with Gasteiger partial charge in [0, 0.05) is 12.6 Å². The Morgan fingerprint density at radius 3 is 2.39 bits per heavy atom. The highest BCUT2D eigenvalue weighted by Gasteiger charge is 2.10. The summed E-state index contributed by atoms with van der Waals surface area (Å²) in [6.45, 7) is 3.64. The van der Waals surface area contributed by atoms with Crippen molar-refractivity contribution in [3.63, 3.8) is 0 Å². The minimum atomic E-state index is -0.162. The standard InChI is InChI=1S/C18H22N2O2S/c1-3-4-5-6-14-7-9-15(10-8-14)20-18(22)16-11-12-17(23-16)19-13(2)21/h7-12H,3-6H2,1-2H3,(H,19,21)(H,20,22). The van der Waals surface area contributed by atoms with Crippen molar-refractivity contribution >= 4 is 33.8 Å². The van der Waals surface area contributed by atoms with Gasteiger partial charge in [0.05, 0.1) is 9.88 Å². The zero-order valence-electron chi connectivity index (χ0n) is 13.5. The molecule has 23 heavy (non-hydrogen) atoms. The van der Waals surface area contributed by atoms with Crippen LogP contribution in [0.15, 0.2) is 36.4 Å². The predicted molar refractivity (Wildman–Crippen MR) is 96.2 cm³/mol. The highest BCUT2D eigenvalue weighted by Crippen LogP contribution is 2.23. The van der Waals surface area contributed by atoms with Crippen LogP contribution in [0.5, 0.6) is 0 Å². The fraction of sp³-hybridized carbons (Fsp3) is 0.333. The molecule has 2 N–H and O–H groups in total. The fourth-order valence-corrected chi connectivity index (χ4v) is 3.07. The summed E-state index contributed by atoms with van der Waals surface area (Å²) in [5.41, 5.74) is 2.07. The second-order valence-electron chi connectivity index (χ2n) is 5.45. The summed E-state index contributed by atoms with van der Waals surface area (Å²) in [4.78, 5) is 23.8. The van der Waals surface area contributed by atoms with Gasteiger partial charge in [-0.25, -0.2) is 0 Å². The van der Waals surface area contributed by atoms with Crippen LogP contribution in [0.25, 0.3) is 0 Å². The molecule has 4 nitrogen and oxygen atoms in total. The van der Waals surface area contributed by atoms with Crippen molar-refractivity contribution in [1.29, 1.82) is 0 Å². The molecule has 0 aliphatic carbocycles. The molecule has 0 atom stereocenters. The molecule has 122 valence electrons. The Hall–Kier alpha value is -2.14. The molecule has 2 amide bonds. The van der Waals surface area contributed by atoms with E-state index in [0.717, 1.165) is 12.1 Å². The number of benzene rings is 1. The van der Waals surface area contributed by atoms with Gasteiger partial charge in [-0.15, -0.1) is 11.3 Å². The predicted octanol–water partition coefficient (Wildman–Crippen LogP) is 4.69. The number of amides is 2. The molecule has 0 spiro atoms. The van der Waals surface area contributed by atoms with Crippen LogP contribution in [0.3, 0.4) is 0 Å². The normalized spacial score (nSPS) is 10.3. The SMILES string of the molecule is CCCCCc1ccc(NC(=O)c2ccc(NC(C)=O)s2)cc1. The van der Waals surface area contributed by atoms with Crippen molar-refractivity contribution in [3.8, 4) is 0 Å². The van der Waals surface area contributed by atoms with Crippen LogP contribution in [-0.4, -0.2) is 11.8 Å². The lowest BCUT2D eigenvalue weighted by Gasteiger charge is -2.05. The van der Waals surface area contributed by atoms with Crippen LogP contribution in [-0.2, 0) is 11.2 Å². The molecular weight excluding hydrogens is 308 g/mol. The maximum Gasteiger partial charge on any atom is 0.265 e. The topological polar surface area (TPSA) is 58.2 Å². The van der Waals surface area contributed by atoms with Crippen LogP contribution in [0.2, 0.25) is 0 Å². The first-order chi connectivity index (χ1) is 11.1. The second kappa shape index (κ2) is 8.48. The Labute approximate surface area is 140 Å². The van der Waals surface area contributed by atoms with E-state index in [0.29, 0.717) is 9.88 Å². The fourth-order valence-electron chi connectivity index (χ4n) is 2.23. The number of carbonyl (C=O) groups is 2. The van der Waals surface area contributed by atoms with Gasteiger partial charge < -0.3 is 10.6 Å². The third kappa shape index (κ3) is 5.53. The van der Waals surface area contributed by atoms with Crippen molar-refractivity contribution < 1.29 is 9.59 Å². The van der Waals surface area contributed by atoms with Crippen LogP contribution in [0, 0.1) is 0 Å². The number of thiophene rings is 1. The summed E-state index contributed by atoms with van der Waals surface area (Å²) in [5.74, 6) is -0.303. The lowest BCUT2D eigenvalue weighted by atomic mass is 10.1. The molecule has 1 aromatic heterocycles. The largest absolute Gasteiger partial charge is 0.321 e. The van der Waals surface area contributed by atoms with E-state index in [4.69, 9.17) is 0 Å². The van der Waals surface area contributed by atoms with Gasteiger partial charge in [0.2, 0.25) is 5.91 Å². The van der Waals surface area contributed by atoms with Crippen LogP contribution < -0.4 is 10.6 Å². The average Bonchev–Trinajstić information content (AvgIpc) is 2.97. The minimum Gasteiger partial charge on any atom is -0.321 e. The summed E-state index contributed by atoms with van der Waals surface area (Å²) >= 11 is 1.26. The number of hydrogen-bond donors (Lipinski definition) is 2. The zero-order chi connectivity index (χ0) is 16.7. The van der Waals surface area contributed by atoms with Gasteiger partial charge in [-0.05, 0) is 42.7 Å². The summed E-state index contributed by atoms with van der Waals surface area (Å²) in [5, 5.41) is 6.23. The molecule has 0 aliphatic heterocycles. The molecule has 1 aromatic carbocycles. The molecule has 0 unspecified atom stereocenters. The quantitative estimate of drug-likeness (QED) is 0.723. The maximum atomic E-state index is 12.2. The summed E-state index contributed by atoms with van der Waals surface area (Å²) in [6.07, 6.45) is 4.74. The van der Waals surface area contributed by atoms with Gasteiger partial charge in [0.25, 0.3) is 5.91 Å². The Bertz CT molecular complexity index is 662. The van der Waals surface area contributed by atoms with Gasteiger partial charge in [-0.1, -0.05) is 31.9 Å². The monoisotopic (exact) mass is 330 g/mol. The number of rotatable bonds is 7. The van der Waals surface area contributed by atoms with Crippen LogP contribution in [0.4, 0.5) is 10.7 Å². The maximum absolute atomic E-state index is 12.2. The van der Waals surface area contributed by atoms with Crippen molar-refractivity contribution in [2.45, 2.75) is 39.5 Å². The molecule has 2 aromatic rings. The summed E-state index contributed by atoms with van der Waals surface area (Å²) in [7, 11) is 0. The Morgan fingerprint density at radius 1 is 1.00 bits per heavy atom. The van der Waals surface area contributed by atoms with Gasteiger partial charge in [0.15, 0.2) is 0 Å². The van der Waals surface area contributed by atoms with E-state index >= 15 is 0 Å². The molecule has 0 radical (unpaired) electrons. The molecule has 1 heterocycles. The first-order valence-electron chi connectivity index (χ1n) is 7.86. The Morgan fingerprint density at radius 2 is 1.74 bits per heavy atom. The van der Waals surface area contributed by atoms with E-state index in [2.05, 4.69) is 29.7 Å². The molecule has 0 aliphatic rings. The van der Waals surface area contributed by atoms with Gasteiger partial charge in [-0.3, -0.25) is 9.59 Å². The van der Waals surface area contributed by atoms with E-state index < -0.39 is 0 Å². The molecule has 0 fully saturated rings. The number of unbranched alkanes of at least 4 members (excludes halogenated alkanes) is 2. The number of hydrogen-bond acceptors (Lipinski definition) is 3. The number of carbonyl (C=O) groups excluding carboxylic acids is 2. The Balaban J connectivity index is 1.92. The van der Waals surface area contributed by atoms with Crippen molar-refractivity contribution in [2.75, 3.05) is 10.6 Å². The zero-order valence-corrected chi connectivity index (χ0v) is 14.3. The first kappa shape index (κ1) is 17.2. The van der Waals surface area contributed by atoms with Crippen LogP contribution >= 0.6 is 11.3 Å². The van der Waals surface area contributed by atoms with E-state index in [-0.39, 0.29) is 11.8 Å². The molecule has 5 heteroatoms. The number of aryl methyl sites for hydroxylation is 1. The molecule has 2 rings (SSSR count). The smallest absolute Gasteiger partial charge is 0.265 e. The Kier molecular flexibility index (Phi) is 6.35. The molecule has 0 saturated carbocycles. The van der Waals surface area contributed by atoms with Crippen molar-refractivity contribution in [1.82, 2.24) is 0 Å². The van der Waals surface area contributed by atoms with Crippen molar-refractivity contribution in [2.24, 2.45) is 0 Å². The number of nitrogens with one attached hydrogen (secondary N) is 2. The molecule has 0 saturated heterocycles. The average molecular weight is 330 g/mol. The van der Waals surface area contributed by atoms with E-state index in [1.165, 1.54) is 43.1 Å². The highest BCUT2D eigenvalue weighted by molar-refractivity contribution is 7.18. The summed E-state index contributed by atoms with van der Waals surface area (Å²) in [6, 6.07) is 11.4. The van der Waals surface area contributed by atoms with Gasteiger partial charge >= 0.3 is 0 Å². The lowest BCUT2D eigenvalue weighted by molar-refractivity contribution is -0.114. The third-order valence-corrected chi connectivity index (χ3v) is 4.41. The molecule has 0 bridgehead atoms. The van der Waals surface area contributed by atoms with Crippen molar-refractivity contribution in [3.05, 3.63) is 46.8 Å².